The Hall–Kier alpha value is -1.29. The average Bonchev–Trinajstić information content (AvgIpc) is 2.57. The molecule has 0 aliphatic carbocycles. The quantitative estimate of drug-likeness (QED) is 0.804. The Labute approximate surface area is 96.3 Å². The summed E-state index contributed by atoms with van der Waals surface area (Å²) < 4.78 is 1.85. The van der Waals surface area contributed by atoms with Gasteiger partial charge in [-0.05, 0) is 19.1 Å². The predicted octanol–water partition coefficient (Wildman–Crippen LogP) is 1.08. The number of aliphatic hydroxyl groups is 1. The zero-order chi connectivity index (χ0) is 12.3. The van der Waals surface area contributed by atoms with E-state index in [-0.39, 0.29) is 17.9 Å². The van der Waals surface area contributed by atoms with E-state index in [4.69, 9.17) is 5.11 Å². The van der Waals surface area contributed by atoms with Crippen LogP contribution in [0.1, 0.15) is 30.0 Å². The molecule has 0 aliphatic rings. The van der Waals surface area contributed by atoms with Gasteiger partial charge in [-0.25, -0.2) is 0 Å². The minimum absolute atomic E-state index is 0.0550. The fourth-order valence-corrected chi connectivity index (χ4v) is 1.31. The summed E-state index contributed by atoms with van der Waals surface area (Å²) in [5.41, 5.74) is 1.41. The Bertz CT molecular complexity index is 380. The van der Waals surface area contributed by atoms with Crippen LogP contribution in [0.5, 0.6) is 0 Å². The molecule has 0 saturated heterocycles. The standard InChI is InChI=1S/C12H20N2O2/c1-9-5-6-10(14(9)4)11(16)13-7-12(2,3)8-15/h5-6,15H,7-8H2,1-4H3,(H,13,16). The van der Waals surface area contributed by atoms with E-state index in [1.54, 1.807) is 6.07 Å². The maximum absolute atomic E-state index is 11.8. The van der Waals surface area contributed by atoms with Crippen molar-refractivity contribution < 1.29 is 9.90 Å². The number of amides is 1. The van der Waals surface area contributed by atoms with E-state index >= 15 is 0 Å². The van der Waals surface area contributed by atoms with E-state index in [0.29, 0.717) is 12.2 Å². The maximum Gasteiger partial charge on any atom is 0.267 e. The first-order chi connectivity index (χ1) is 7.37. The molecule has 0 fully saturated rings. The number of aryl methyl sites for hydroxylation is 1. The van der Waals surface area contributed by atoms with Crippen LogP contribution in [0.3, 0.4) is 0 Å². The Balaban J connectivity index is 2.64. The molecule has 0 saturated carbocycles. The molecule has 0 radical (unpaired) electrons. The topological polar surface area (TPSA) is 54.3 Å². The van der Waals surface area contributed by atoms with Crippen molar-refractivity contribution in [3.05, 3.63) is 23.5 Å². The van der Waals surface area contributed by atoms with Crippen molar-refractivity contribution in [1.29, 1.82) is 0 Å². The van der Waals surface area contributed by atoms with E-state index in [9.17, 15) is 4.79 Å². The third-order valence-electron chi connectivity index (χ3n) is 2.76. The minimum atomic E-state index is -0.282. The number of aromatic nitrogens is 1. The lowest BCUT2D eigenvalue weighted by molar-refractivity contribution is 0.0903. The van der Waals surface area contributed by atoms with Crippen LogP contribution in [0, 0.1) is 12.3 Å². The molecule has 4 nitrogen and oxygen atoms in total. The first kappa shape index (κ1) is 12.8. The number of carbonyl (C=O) groups excluding carboxylic acids is 1. The molecule has 0 bridgehead atoms. The number of carbonyl (C=O) groups is 1. The molecule has 4 heteroatoms. The first-order valence-corrected chi connectivity index (χ1v) is 5.39. The lowest BCUT2D eigenvalue weighted by atomic mass is 9.95. The Morgan fingerprint density at radius 1 is 1.50 bits per heavy atom. The Morgan fingerprint density at radius 2 is 2.12 bits per heavy atom. The van der Waals surface area contributed by atoms with Crippen LogP contribution in [0.2, 0.25) is 0 Å². The van der Waals surface area contributed by atoms with Gasteiger partial charge >= 0.3 is 0 Å². The molecule has 1 aromatic heterocycles. The second kappa shape index (κ2) is 4.70. The van der Waals surface area contributed by atoms with Crippen molar-refractivity contribution in [2.24, 2.45) is 12.5 Å². The summed E-state index contributed by atoms with van der Waals surface area (Å²) in [5.74, 6) is -0.0999. The number of rotatable bonds is 4. The fourth-order valence-electron chi connectivity index (χ4n) is 1.31. The molecule has 1 aromatic rings. The third kappa shape index (κ3) is 2.85. The van der Waals surface area contributed by atoms with Gasteiger partial charge in [0.25, 0.3) is 5.91 Å². The SMILES string of the molecule is Cc1ccc(C(=O)NCC(C)(C)CO)n1C. The summed E-state index contributed by atoms with van der Waals surface area (Å²) in [5, 5.41) is 11.9. The molecule has 0 aliphatic heterocycles. The lowest BCUT2D eigenvalue weighted by Crippen LogP contribution is -2.36. The highest BCUT2D eigenvalue weighted by Crippen LogP contribution is 2.12. The fraction of sp³-hybridized carbons (Fsp3) is 0.583. The van der Waals surface area contributed by atoms with Gasteiger partial charge < -0.3 is 15.0 Å². The van der Waals surface area contributed by atoms with E-state index in [1.807, 2.05) is 38.5 Å². The van der Waals surface area contributed by atoms with Crippen LogP contribution in [-0.2, 0) is 7.05 Å². The minimum Gasteiger partial charge on any atom is -0.396 e. The summed E-state index contributed by atoms with van der Waals surface area (Å²) in [4.78, 5) is 11.8. The molecule has 2 N–H and O–H groups in total. The van der Waals surface area contributed by atoms with Crippen LogP contribution < -0.4 is 5.32 Å². The predicted molar refractivity (Wildman–Crippen MR) is 63.4 cm³/mol. The van der Waals surface area contributed by atoms with Gasteiger partial charge in [-0.15, -0.1) is 0 Å². The molecule has 0 spiro atoms. The number of hydrogen-bond acceptors (Lipinski definition) is 2. The highest BCUT2D eigenvalue weighted by atomic mass is 16.3. The van der Waals surface area contributed by atoms with Gasteiger partial charge in [-0.3, -0.25) is 4.79 Å². The van der Waals surface area contributed by atoms with Crippen molar-refractivity contribution in [3.63, 3.8) is 0 Å². The molecule has 1 rings (SSSR count). The summed E-state index contributed by atoms with van der Waals surface area (Å²) in [6.45, 7) is 6.29. The largest absolute Gasteiger partial charge is 0.396 e. The smallest absolute Gasteiger partial charge is 0.267 e. The number of nitrogens with one attached hydrogen (secondary N) is 1. The van der Waals surface area contributed by atoms with Gasteiger partial charge in [0.1, 0.15) is 5.69 Å². The summed E-state index contributed by atoms with van der Waals surface area (Å²) in [7, 11) is 1.86. The van der Waals surface area contributed by atoms with E-state index in [2.05, 4.69) is 5.32 Å². The van der Waals surface area contributed by atoms with Gasteiger partial charge in [0.15, 0.2) is 0 Å². The van der Waals surface area contributed by atoms with Gasteiger partial charge in [0, 0.05) is 31.3 Å². The Kier molecular flexibility index (Phi) is 3.75. The van der Waals surface area contributed by atoms with Gasteiger partial charge in [-0.2, -0.15) is 0 Å². The molecular weight excluding hydrogens is 204 g/mol. The Morgan fingerprint density at radius 3 is 2.56 bits per heavy atom. The highest BCUT2D eigenvalue weighted by molar-refractivity contribution is 5.92. The van der Waals surface area contributed by atoms with Gasteiger partial charge in [0.05, 0.1) is 0 Å². The van der Waals surface area contributed by atoms with E-state index in [1.165, 1.54) is 0 Å². The van der Waals surface area contributed by atoms with Crippen LogP contribution in [0.15, 0.2) is 12.1 Å². The van der Waals surface area contributed by atoms with Crippen LogP contribution in [0.4, 0.5) is 0 Å². The number of hydrogen-bond donors (Lipinski definition) is 2. The van der Waals surface area contributed by atoms with E-state index in [0.717, 1.165) is 5.69 Å². The molecule has 16 heavy (non-hydrogen) atoms. The van der Waals surface area contributed by atoms with Crippen molar-refractivity contribution in [1.82, 2.24) is 9.88 Å². The second-order valence-corrected chi connectivity index (χ2v) is 4.92. The average molecular weight is 224 g/mol. The van der Waals surface area contributed by atoms with Crippen LogP contribution in [-0.4, -0.2) is 28.7 Å². The monoisotopic (exact) mass is 224 g/mol. The molecule has 0 atom stereocenters. The second-order valence-electron chi connectivity index (χ2n) is 4.92. The van der Waals surface area contributed by atoms with Gasteiger partial charge in [-0.1, -0.05) is 13.8 Å². The van der Waals surface area contributed by atoms with Crippen molar-refractivity contribution in [2.75, 3.05) is 13.2 Å². The molecule has 0 unspecified atom stereocenters. The summed E-state index contributed by atoms with van der Waals surface area (Å²) >= 11 is 0. The molecule has 1 heterocycles. The highest BCUT2D eigenvalue weighted by Gasteiger charge is 2.19. The number of nitrogens with zero attached hydrogens (tertiary/aromatic N) is 1. The molecular formula is C12H20N2O2. The number of aliphatic hydroxyl groups excluding tert-OH is 1. The lowest BCUT2D eigenvalue weighted by Gasteiger charge is -2.21. The van der Waals surface area contributed by atoms with Crippen molar-refractivity contribution in [3.8, 4) is 0 Å². The first-order valence-electron chi connectivity index (χ1n) is 5.39. The van der Waals surface area contributed by atoms with Crippen molar-refractivity contribution in [2.45, 2.75) is 20.8 Å². The zero-order valence-electron chi connectivity index (χ0n) is 10.4. The zero-order valence-corrected chi connectivity index (χ0v) is 10.4. The molecule has 90 valence electrons. The van der Waals surface area contributed by atoms with Crippen molar-refractivity contribution >= 4 is 5.91 Å². The third-order valence-corrected chi connectivity index (χ3v) is 2.76. The van der Waals surface area contributed by atoms with E-state index < -0.39 is 0 Å². The maximum atomic E-state index is 11.8. The summed E-state index contributed by atoms with van der Waals surface area (Å²) in [6.07, 6.45) is 0. The van der Waals surface area contributed by atoms with Gasteiger partial charge in [0.2, 0.25) is 0 Å². The summed E-state index contributed by atoms with van der Waals surface area (Å²) in [6, 6.07) is 3.71. The molecule has 0 aromatic carbocycles. The normalized spacial score (nSPS) is 11.6. The molecule has 1 amide bonds. The van der Waals surface area contributed by atoms with Crippen LogP contribution >= 0.6 is 0 Å². The van der Waals surface area contributed by atoms with Crippen LogP contribution in [0.25, 0.3) is 0 Å².